The van der Waals surface area contributed by atoms with Gasteiger partial charge in [0.05, 0.1) is 12.1 Å². The lowest BCUT2D eigenvalue weighted by Gasteiger charge is -2.15. The molecule has 0 unspecified atom stereocenters. The Bertz CT molecular complexity index is 722. The van der Waals surface area contributed by atoms with Gasteiger partial charge in [0.15, 0.2) is 0 Å². The minimum Gasteiger partial charge on any atom is -0.506 e. The van der Waals surface area contributed by atoms with E-state index in [1.54, 1.807) is 0 Å². The van der Waals surface area contributed by atoms with Crippen LogP contribution in [0.15, 0.2) is 48.5 Å². The number of anilines is 1. The molecule has 0 aromatic heterocycles. The molecule has 0 saturated carbocycles. The molecule has 24 heavy (non-hydrogen) atoms. The van der Waals surface area contributed by atoms with E-state index in [4.69, 9.17) is 11.6 Å². The summed E-state index contributed by atoms with van der Waals surface area (Å²) in [5.41, 5.74) is 1.05. The number of benzene rings is 2. The molecule has 0 bridgehead atoms. The van der Waals surface area contributed by atoms with Crippen molar-refractivity contribution in [2.24, 2.45) is 0 Å². The first-order chi connectivity index (χ1) is 11.5. The fourth-order valence-corrected chi connectivity index (χ4v) is 2.25. The van der Waals surface area contributed by atoms with Gasteiger partial charge < -0.3 is 15.5 Å². The summed E-state index contributed by atoms with van der Waals surface area (Å²) < 4.78 is 0. The van der Waals surface area contributed by atoms with Gasteiger partial charge in [-0.3, -0.25) is 14.9 Å². The number of aromatic hydroxyl groups is 1. The lowest BCUT2D eigenvalue weighted by molar-refractivity contribution is -0.141. The van der Waals surface area contributed by atoms with Gasteiger partial charge >= 0.3 is 5.97 Å². The third kappa shape index (κ3) is 5.26. The van der Waals surface area contributed by atoms with E-state index in [9.17, 15) is 19.8 Å². The molecule has 1 atom stereocenters. The summed E-state index contributed by atoms with van der Waals surface area (Å²) >= 11 is 5.81. The highest BCUT2D eigenvalue weighted by molar-refractivity contribution is 6.31. The lowest BCUT2D eigenvalue weighted by Crippen LogP contribution is -2.39. The highest BCUT2D eigenvalue weighted by Gasteiger charge is 2.21. The zero-order valence-corrected chi connectivity index (χ0v) is 13.5. The molecule has 2 aromatic carbocycles. The van der Waals surface area contributed by atoms with Crippen LogP contribution in [0.2, 0.25) is 5.02 Å². The molecule has 2 rings (SSSR count). The number of phenols is 1. The van der Waals surface area contributed by atoms with Crippen LogP contribution in [-0.4, -0.2) is 28.1 Å². The average molecular weight is 349 g/mol. The van der Waals surface area contributed by atoms with E-state index in [1.165, 1.54) is 18.2 Å². The second kappa shape index (κ2) is 8.33. The molecule has 0 spiro atoms. The molecule has 0 saturated heterocycles. The zero-order chi connectivity index (χ0) is 17.5. The minimum atomic E-state index is -1.13. The molecule has 0 aliphatic heterocycles. The van der Waals surface area contributed by atoms with Crippen molar-refractivity contribution in [1.82, 2.24) is 5.32 Å². The van der Waals surface area contributed by atoms with Crippen molar-refractivity contribution in [1.29, 1.82) is 0 Å². The molecular weight excluding hydrogens is 332 g/mol. The Hall–Kier alpha value is -2.57. The minimum absolute atomic E-state index is 0.139. The summed E-state index contributed by atoms with van der Waals surface area (Å²) in [5, 5.41) is 24.6. The molecule has 2 aromatic rings. The van der Waals surface area contributed by atoms with Crippen LogP contribution in [0.3, 0.4) is 0 Å². The number of carbonyl (C=O) groups is 2. The SMILES string of the molecule is O=C(C[C@H](NCc1ccccc1)C(=O)O)Nc1cc(Cl)ccc1O. The molecule has 0 aliphatic rings. The number of hydrogen-bond donors (Lipinski definition) is 4. The van der Waals surface area contributed by atoms with Crippen molar-refractivity contribution in [2.75, 3.05) is 5.32 Å². The van der Waals surface area contributed by atoms with Crippen molar-refractivity contribution < 1.29 is 19.8 Å². The number of hydrogen-bond acceptors (Lipinski definition) is 4. The summed E-state index contributed by atoms with van der Waals surface area (Å²) in [4.78, 5) is 23.4. The van der Waals surface area contributed by atoms with Gasteiger partial charge in [-0.15, -0.1) is 0 Å². The summed E-state index contributed by atoms with van der Waals surface area (Å²) in [7, 11) is 0. The third-order valence-corrected chi connectivity index (χ3v) is 3.55. The van der Waals surface area contributed by atoms with Crippen molar-refractivity contribution in [3.05, 3.63) is 59.1 Å². The van der Waals surface area contributed by atoms with E-state index in [0.717, 1.165) is 5.56 Å². The van der Waals surface area contributed by atoms with Crippen LogP contribution >= 0.6 is 11.6 Å². The van der Waals surface area contributed by atoms with Gasteiger partial charge in [-0.25, -0.2) is 0 Å². The number of rotatable bonds is 7. The van der Waals surface area contributed by atoms with Gasteiger partial charge in [0.2, 0.25) is 5.91 Å². The van der Waals surface area contributed by atoms with Crippen LogP contribution in [0.1, 0.15) is 12.0 Å². The summed E-state index contributed by atoms with van der Waals surface area (Å²) in [6, 6.07) is 12.4. The zero-order valence-electron chi connectivity index (χ0n) is 12.7. The number of aliphatic carboxylic acids is 1. The Morgan fingerprint density at radius 3 is 2.50 bits per heavy atom. The van der Waals surface area contributed by atoms with Gasteiger partial charge in [0.1, 0.15) is 11.8 Å². The van der Waals surface area contributed by atoms with Crippen LogP contribution in [0.4, 0.5) is 5.69 Å². The van der Waals surface area contributed by atoms with E-state index < -0.39 is 17.9 Å². The van der Waals surface area contributed by atoms with E-state index in [1.807, 2.05) is 30.3 Å². The van der Waals surface area contributed by atoms with Gasteiger partial charge in [-0.2, -0.15) is 0 Å². The summed E-state index contributed by atoms with van der Waals surface area (Å²) in [6.45, 7) is 0.327. The Morgan fingerprint density at radius 2 is 1.83 bits per heavy atom. The predicted molar refractivity (Wildman–Crippen MR) is 91.1 cm³/mol. The summed E-state index contributed by atoms with van der Waals surface area (Å²) in [6.07, 6.45) is -0.284. The first-order valence-corrected chi connectivity index (χ1v) is 7.62. The molecule has 0 radical (unpaired) electrons. The largest absolute Gasteiger partial charge is 0.506 e. The molecule has 126 valence electrons. The Morgan fingerprint density at radius 1 is 1.12 bits per heavy atom. The fourth-order valence-electron chi connectivity index (χ4n) is 2.08. The van der Waals surface area contributed by atoms with E-state index in [2.05, 4.69) is 10.6 Å². The van der Waals surface area contributed by atoms with Crippen LogP contribution in [-0.2, 0) is 16.1 Å². The number of nitrogens with one attached hydrogen (secondary N) is 2. The van der Waals surface area contributed by atoms with E-state index in [-0.39, 0.29) is 17.9 Å². The third-order valence-electron chi connectivity index (χ3n) is 3.32. The lowest BCUT2D eigenvalue weighted by atomic mass is 10.1. The highest BCUT2D eigenvalue weighted by Crippen LogP contribution is 2.26. The van der Waals surface area contributed by atoms with Crippen molar-refractivity contribution >= 4 is 29.2 Å². The molecule has 7 heteroatoms. The van der Waals surface area contributed by atoms with Crippen LogP contribution < -0.4 is 10.6 Å². The Balaban J connectivity index is 1.95. The van der Waals surface area contributed by atoms with Gasteiger partial charge in [0, 0.05) is 11.6 Å². The first kappa shape index (κ1) is 17.8. The standard InChI is InChI=1S/C17H17ClN2O4/c18-12-6-7-15(21)13(8-12)20-16(22)9-14(17(23)24)19-10-11-4-2-1-3-5-11/h1-8,14,19,21H,9-10H2,(H,20,22)(H,23,24)/t14-/m0/s1. The average Bonchev–Trinajstić information content (AvgIpc) is 2.55. The number of amides is 1. The summed E-state index contributed by atoms with van der Waals surface area (Å²) in [5.74, 6) is -1.81. The molecule has 1 amide bonds. The Kier molecular flexibility index (Phi) is 6.17. The van der Waals surface area contributed by atoms with Crippen molar-refractivity contribution in [3.8, 4) is 5.75 Å². The normalized spacial score (nSPS) is 11.7. The second-order valence-electron chi connectivity index (χ2n) is 5.17. The Labute approximate surface area is 144 Å². The predicted octanol–water partition coefficient (Wildman–Crippen LogP) is 2.62. The second-order valence-corrected chi connectivity index (χ2v) is 5.61. The molecule has 0 heterocycles. The van der Waals surface area contributed by atoms with Crippen molar-refractivity contribution in [2.45, 2.75) is 19.0 Å². The topological polar surface area (TPSA) is 98.7 Å². The van der Waals surface area contributed by atoms with Crippen molar-refractivity contribution in [3.63, 3.8) is 0 Å². The fraction of sp³-hybridized carbons (Fsp3) is 0.176. The number of carboxylic acid groups (broad SMARTS) is 1. The van der Waals surface area contributed by atoms with Crippen LogP contribution in [0.5, 0.6) is 5.75 Å². The number of halogens is 1. The van der Waals surface area contributed by atoms with Gasteiger partial charge in [-0.05, 0) is 23.8 Å². The van der Waals surface area contributed by atoms with Crippen LogP contribution in [0.25, 0.3) is 0 Å². The quantitative estimate of drug-likeness (QED) is 0.576. The maximum absolute atomic E-state index is 12.0. The smallest absolute Gasteiger partial charge is 0.321 e. The molecule has 6 nitrogen and oxygen atoms in total. The maximum Gasteiger partial charge on any atom is 0.321 e. The molecule has 0 fully saturated rings. The van der Waals surface area contributed by atoms with Crippen LogP contribution in [0, 0.1) is 0 Å². The first-order valence-electron chi connectivity index (χ1n) is 7.24. The van der Waals surface area contributed by atoms with Gasteiger partial charge in [-0.1, -0.05) is 41.9 Å². The van der Waals surface area contributed by atoms with E-state index >= 15 is 0 Å². The maximum atomic E-state index is 12.0. The number of carbonyl (C=O) groups excluding carboxylic acids is 1. The van der Waals surface area contributed by atoms with E-state index in [0.29, 0.717) is 11.6 Å². The number of carboxylic acids is 1. The molecular formula is C17H17ClN2O4. The monoisotopic (exact) mass is 348 g/mol. The number of phenolic OH excluding ortho intramolecular Hbond substituents is 1. The highest BCUT2D eigenvalue weighted by atomic mass is 35.5. The molecule has 0 aliphatic carbocycles. The molecule has 4 N–H and O–H groups in total. The van der Waals surface area contributed by atoms with Gasteiger partial charge in [0.25, 0.3) is 0 Å².